The highest BCUT2D eigenvalue weighted by Crippen LogP contribution is 2.24. The largest absolute Gasteiger partial charge is 0.414 e. The molecule has 0 radical (unpaired) electrons. The first-order valence-electron chi connectivity index (χ1n) is 5.12. The summed E-state index contributed by atoms with van der Waals surface area (Å²) in [7, 11) is -3.71. The van der Waals surface area contributed by atoms with E-state index in [9.17, 15) is 21.6 Å². The van der Waals surface area contributed by atoms with E-state index in [1.807, 2.05) is 0 Å². The lowest BCUT2D eigenvalue weighted by Crippen LogP contribution is -2.34. The maximum absolute atomic E-state index is 12.2. The van der Waals surface area contributed by atoms with Crippen LogP contribution < -0.4 is 5.14 Å². The number of alkyl halides is 3. The SMILES string of the molecule is CC(C)C(COC(C)C(F)(F)F)CS(N)(=O)=O. The van der Waals surface area contributed by atoms with E-state index in [-0.39, 0.29) is 18.3 Å². The average Bonchev–Trinajstić information content (AvgIpc) is 2.07. The van der Waals surface area contributed by atoms with E-state index < -0.39 is 28.2 Å². The summed E-state index contributed by atoms with van der Waals surface area (Å²) in [6.07, 6.45) is -6.35. The summed E-state index contributed by atoms with van der Waals surface area (Å²) in [6, 6.07) is 0. The molecule has 2 atom stereocenters. The summed E-state index contributed by atoms with van der Waals surface area (Å²) in [5.74, 6) is -1.06. The molecule has 0 fully saturated rings. The zero-order valence-corrected chi connectivity index (χ0v) is 10.8. The van der Waals surface area contributed by atoms with Gasteiger partial charge in [0.15, 0.2) is 6.10 Å². The summed E-state index contributed by atoms with van der Waals surface area (Å²) >= 11 is 0. The zero-order valence-electron chi connectivity index (χ0n) is 9.99. The van der Waals surface area contributed by atoms with E-state index in [2.05, 4.69) is 4.74 Å². The highest BCUT2D eigenvalue weighted by atomic mass is 32.2. The van der Waals surface area contributed by atoms with Crippen molar-refractivity contribution in [2.24, 2.45) is 17.0 Å². The van der Waals surface area contributed by atoms with E-state index >= 15 is 0 Å². The van der Waals surface area contributed by atoms with Crippen LogP contribution >= 0.6 is 0 Å². The fourth-order valence-electron chi connectivity index (χ4n) is 1.09. The third-order valence-corrected chi connectivity index (χ3v) is 3.30. The minimum Gasteiger partial charge on any atom is -0.369 e. The number of primary sulfonamides is 1. The van der Waals surface area contributed by atoms with Gasteiger partial charge < -0.3 is 4.74 Å². The van der Waals surface area contributed by atoms with Crippen molar-refractivity contribution in [2.45, 2.75) is 33.1 Å². The Labute approximate surface area is 99.4 Å². The molecule has 0 aliphatic carbocycles. The molecule has 0 aliphatic heterocycles. The molecule has 17 heavy (non-hydrogen) atoms. The van der Waals surface area contributed by atoms with Crippen LogP contribution in [0.3, 0.4) is 0 Å². The van der Waals surface area contributed by atoms with Gasteiger partial charge in [0, 0.05) is 0 Å². The highest BCUT2D eigenvalue weighted by Gasteiger charge is 2.37. The second-order valence-electron chi connectivity index (χ2n) is 4.35. The van der Waals surface area contributed by atoms with Crippen molar-refractivity contribution in [3.05, 3.63) is 0 Å². The van der Waals surface area contributed by atoms with Crippen LogP contribution in [0.4, 0.5) is 13.2 Å². The van der Waals surface area contributed by atoms with Gasteiger partial charge in [0.05, 0.1) is 12.4 Å². The average molecular weight is 277 g/mol. The van der Waals surface area contributed by atoms with Crippen LogP contribution in [0.5, 0.6) is 0 Å². The predicted octanol–water partition coefficient (Wildman–Crippen LogP) is 1.51. The molecule has 2 unspecified atom stereocenters. The van der Waals surface area contributed by atoms with Gasteiger partial charge in [-0.2, -0.15) is 13.2 Å². The van der Waals surface area contributed by atoms with Gasteiger partial charge >= 0.3 is 6.18 Å². The van der Waals surface area contributed by atoms with Gasteiger partial charge in [-0.15, -0.1) is 0 Å². The van der Waals surface area contributed by atoms with E-state index in [4.69, 9.17) is 5.14 Å². The Hall–Kier alpha value is -0.340. The molecule has 0 aromatic carbocycles. The predicted molar refractivity (Wildman–Crippen MR) is 57.8 cm³/mol. The Bertz CT molecular complexity index is 327. The van der Waals surface area contributed by atoms with Crippen LogP contribution in [-0.4, -0.2) is 33.1 Å². The number of hydrogen-bond donors (Lipinski definition) is 1. The molecule has 4 nitrogen and oxygen atoms in total. The number of hydrogen-bond acceptors (Lipinski definition) is 3. The molecular weight excluding hydrogens is 259 g/mol. The summed E-state index contributed by atoms with van der Waals surface area (Å²) in [5.41, 5.74) is 0. The molecule has 0 bridgehead atoms. The maximum Gasteiger partial charge on any atom is 0.414 e. The summed E-state index contributed by atoms with van der Waals surface area (Å²) < 4.78 is 62.9. The molecular formula is C9H18F3NO3S. The lowest BCUT2D eigenvalue weighted by molar-refractivity contribution is -0.217. The number of sulfonamides is 1. The first-order chi connectivity index (χ1) is 7.43. The summed E-state index contributed by atoms with van der Waals surface area (Å²) in [6.45, 7) is 4.01. The zero-order chi connectivity index (χ0) is 13.9. The Kier molecular flexibility index (Phi) is 5.89. The lowest BCUT2D eigenvalue weighted by atomic mass is 9.99. The van der Waals surface area contributed by atoms with Gasteiger partial charge in [-0.05, 0) is 18.8 Å². The Morgan fingerprint density at radius 2 is 1.71 bits per heavy atom. The molecule has 0 saturated heterocycles. The molecule has 2 N–H and O–H groups in total. The van der Waals surface area contributed by atoms with Gasteiger partial charge in [0.1, 0.15) is 0 Å². The molecule has 0 aromatic rings. The molecule has 0 heterocycles. The van der Waals surface area contributed by atoms with Gasteiger partial charge in [0.2, 0.25) is 10.0 Å². The minimum atomic E-state index is -4.44. The van der Waals surface area contributed by atoms with Gasteiger partial charge in [-0.25, -0.2) is 13.6 Å². The van der Waals surface area contributed by atoms with Crippen molar-refractivity contribution in [1.29, 1.82) is 0 Å². The van der Waals surface area contributed by atoms with Gasteiger partial charge in [-0.1, -0.05) is 13.8 Å². The van der Waals surface area contributed by atoms with Crippen LogP contribution in [0.1, 0.15) is 20.8 Å². The van der Waals surface area contributed by atoms with E-state index in [0.29, 0.717) is 0 Å². The van der Waals surface area contributed by atoms with Gasteiger partial charge in [-0.3, -0.25) is 0 Å². The Morgan fingerprint density at radius 1 is 1.24 bits per heavy atom. The smallest absolute Gasteiger partial charge is 0.369 e. The standard InChI is InChI=1S/C9H18F3NO3S/c1-6(2)8(5-17(13,14)15)4-16-7(3)9(10,11)12/h6-8H,4-5H2,1-3H3,(H2,13,14,15). The van der Waals surface area contributed by atoms with Crippen molar-refractivity contribution in [3.8, 4) is 0 Å². The number of ether oxygens (including phenoxy) is 1. The number of nitrogens with two attached hydrogens (primary N) is 1. The molecule has 0 amide bonds. The summed E-state index contributed by atoms with van der Waals surface area (Å²) in [4.78, 5) is 0. The fraction of sp³-hybridized carbons (Fsp3) is 1.00. The number of rotatable bonds is 6. The Morgan fingerprint density at radius 3 is 2.00 bits per heavy atom. The molecule has 0 aliphatic rings. The Balaban J connectivity index is 4.39. The maximum atomic E-state index is 12.2. The van der Waals surface area contributed by atoms with Crippen LogP contribution in [-0.2, 0) is 14.8 Å². The van der Waals surface area contributed by atoms with Crippen LogP contribution in [0.15, 0.2) is 0 Å². The fourth-order valence-corrected chi connectivity index (χ4v) is 2.17. The second-order valence-corrected chi connectivity index (χ2v) is 6.01. The summed E-state index contributed by atoms with van der Waals surface area (Å²) in [5, 5.41) is 4.86. The molecule has 0 spiro atoms. The topological polar surface area (TPSA) is 69.4 Å². The molecule has 0 saturated carbocycles. The molecule has 0 rings (SSSR count). The first kappa shape index (κ1) is 16.7. The minimum absolute atomic E-state index is 0.131. The second kappa shape index (κ2) is 6.01. The van der Waals surface area contributed by atoms with Crippen LogP contribution in [0, 0.1) is 11.8 Å². The quantitative estimate of drug-likeness (QED) is 0.800. The molecule has 8 heteroatoms. The van der Waals surface area contributed by atoms with Crippen LogP contribution in [0.2, 0.25) is 0 Å². The van der Waals surface area contributed by atoms with Crippen molar-refractivity contribution in [2.75, 3.05) is 12.4 Å². The molecule has 0 aromatic heterocycles. The van der Waals surface area contributed by atoms with E-state index in [0.717, 1.165) is 6.92 Å². The number of halogens is 3. The lowest BCUT2D eigenvalue weighted by Gasteiger charge is -2.23. The highest BCUT2D eigenvalue weighted by molar-refractivity contribution is 7.89. The van der Waals surface area contributed by atoms with Crippen LogP contribution in [0.25, 0.3) is 0 Å². The van der Waals surface area contributed by atoms with E-state index in [1.54, 1.807) is 13.8 Å². The van der Waals surface area contributed by atoms with Gasteiger partial charge in [0.25, 0.3) is 0 Å². The third kappa shape index (κ3) is 7.56. The monoisotopic (exact) mass is 277 g/mol. The van der Waals surface area contributed by atoms with Crippen molar-refractivity contribution < 1.29 is 26.3 Å². The van der Waals surface area contributed by atoms with Crippen molar-refractivity contribution in [1.82, 2.24) is 0 Å². The van der Waals surface area contributed by atoms with Crippen molar-refractivity contribution in [3.63, 3.8) is 0 Å². The van der Waals surface area contributed by atoms with Crippen molar-refractivity contribution >= 4 is 10.0 Å². The van der Waals surface area contributed by atoms with E-state index in [1.165, 1.54) is 0 Å². The normalized spacial score (nSPS) is 17.2. The first-order valence-corrected chi connectivity index (χ1v) is 6.84. The molecule has 104 valence electrons. The third-order valence-electron chi connectivity index (χ3n) is 2.41.